The molecule has 4 heterocycles. The summed E-state index contributed by atoms with van der Waals surface area (Å²) in [6, 6.07) is 12.2. The number of benzene rings is 2. The van der Waals surface area contributed by atoms with Crippen molar-refractivity contribution in [3.05, 3.63) is 71.2 Å². The van der Waals surface area contributed by atoms with Crippen LogP contribution in [0.1, 0.15) is 81.9 Å². The third kappa shape index (κ3) is 9.71. The molecule has 57 heavy (non-hydrogen) atoms. The Morgan fingerprint density at radius 2 is 1.54 bits per heavy atom. The summed E-state index contributed by atoms with van der Waals surface area (Å²) < 4.78 is 9.66. The maximum atomic E-state index is 13.8. The molecule has 1 unspecified atom stereocenters. The van der Waals surface area contributed by atoms with E-state index < -0.39 is 24.3 Å². The summed E-state index contributed by atoms with van der Waals surface area (Å²) in [5.41, 5.74) is 5.24. The SMILES string of the molecule is COC(=O)N[C@H](C(=O)N1CCC[C@H]1c1nc2ccc(C#Cc3ccc(C4=CNC([C@@H]5CCCN5C(=O)[C@H](C(C)C)N(C)C(=O)OC)N4)cc3)cc2[nH]1)C(C)C.Cl.Cl. The number of methoxy groups -OCH3 is 2. The Kier molecular flexibility index (Phi) is 15.1. The molecule has 6 rings (SSSR count). The minimum atomic E-state index is -0.695. The molecule has 0 bridgehead atoms. The van der Waals surface area contributed by atoms with Gasteiger partial charge in [-0.3, -0.25) is 14.5 Å². The Hall–Kier alpha value is -5.13. The van der Waals surface area contributed by atoms with Crippen LogP contribution in [0.15, 0.2) is 48.7 Å². The first-order valence-corrected chi connectivity index (χ1v) is 19.0. The second-order valence-electron chi connectivity index (χ2n) is 15.1. The average molecular weight is 826 g/mol. The molecule has 0 aliphatic carbocycles. The number of amides is 4. The first kappa shape index (κ1) is 44.6. The number of likely N-dealkylation sites (N-methyl/N-ethyl adjacent to an activating group) is 1. The predicted octanol–water partition coefficient (Wildman–Crippen LogP) is 5.38. The van der Waals surface area contributed by atoms with Crippen LogP contribution in [-0.4, -0.2) is 107 Å². The van der Waals surface area contributed by atoms with Crippen LogP contribution in [0.4, 0.5) is 9.59 Å². The number of rotatable bonds is 9. The summed E-state index contributed by atoms with van der Waals surface area (Å²) in [5, 5.41) is 9.70. The number of likely N-dealkylation sites (tertiary alicyclic amines) is 2. The van der Waals surface area contributed by atoms with E-state index in [4.69, 9.17) is 14.5 Å². The van der Waals surface area contributed by atoms with Gasteiger partial charge in [0.1, 0.15) is 24.1 Å². The number of imidazole rings is 1. The minimum Gasteiger partial charge on any atom is -0.453 e. The van der Waals surface area contributed by atoms with Crippen molar-refractivity contribution in [3.8, 4) is 11.8 Å². The molecule has 0 spiro atoms. The summed E-state index contributed by atoms with van der Waals surface area (Å²) >= 11 is 0. The molecule has 3 aliphatic rings. The molecule has 2 saturated heterocycles. The van der Waals surface area contributed by atoms with E-state index in [2.05, 4.69) is 32.8 Å². The number of fused-ring (bicyclic) bond motifs is 1. The van der Waals surface area contributed by atoms with E-state index in [1.54, 1.807) is 11.9 Å². The highest BCUT2D eigenvalue weighted by atomic mass is 35.5. The number of halogens is 2. The molecule has 16 heteroatoms. The summed E-state index contributed by atoms with van der Waals surface area (Å²) in [6.07, 6.45) is 3.98. The number of alkyl carbamates (subject to hydrolysis) is 1. The molecule has 2 aromatic carbocycles. The lowest BCUT2D eigenvalue weighted by Crippen LogP contribution is -2.57. The van der Waals surface area contributed by atoms with Crippen molar-refractivity contribution in [2.24, 2.45) is 11.8 Å². The molecule has 2 fully saturated rings. The number of aromatic amines is 1. The number of aromatic nitrogens is 2. The van der Waals surface area contributed by atoms with Crippen LogP contribution in [0.2, 0.25) is 0 Å². The van der Waals surface area contributed by atoms with Gasteiger partial charge in [-0.2, -0.15) is 0 Å². The van der Waals surface area contributed by atoms with Gasteiger partial charge >= 0.3 is 12.2 Å². The van der Waals surface area contributed by atoms with Crippen LogP contribution in [0.25, 0.3) is 16.7 Å². The highest BCUT2D eigenvalue weighted by molar-refractivity contribution is 5.87. The van der Waals surface area contributed by atoms with E-state index in [9.17, 15) is 19.2 Å². The molecule has 1 aromatic heterocycles. The van der Waals surface area contributed by atoms with Crippen LogP contribution >= 0.6 is 24.8 Å². The number of ether oxygens (including phenoxy) is 2. The van der Waals surface area contributed by atoms with Gasteiger partial charge < -0.3 is 40.2 Å². The van der Waals surface area contributed by atoms with Crippen molar-refractivity contribution in [1.29, 1.82) is 0 Å². The fourth-order valence-corrected chi connectivity index (χ4v) is 7.87. The number of hydrogen-bond donors (Lipinski definition) is 4. The Labute approximate surface area is 346 Å². The highest BCUT2D eigenvalue weighted by Gasteiger charge is 2.42. The number of H-pyrrole nitrogens is 1. The van der Waals surface area contributed by atoms with Gasteiger partial charge in [0.05, 0.1) is 43.0 Å². The van der Waals surface area contributed by atoms with Gasteiger partial charge in [0, 0.05) is 37.5 Å². The maximum Gasteiger partial charge on any atom is 0.409 e. The number of nitrogens with zero attached hydrogens (tertiary/aromatic N) is 4. The summed E-state index contributed by atoms with van der Waals surface area (Å²) in [5.74, 6) is 6.84. The van der Waals surface area contributed by atoms with Crippen LogP contribution in [-0.2, 0) is 19.1 Å². The van der Waals surface area contributed by atoms with Crippen LogP contribution in [0.3, 0.4) is 0 Å². The van der Waals surface area contributed by atoms with Crippen molar-refractivity contribution >= 4 is 65.5 Å². The van der Waals surface area contributed by atoms with Crippen molar-refractivity contribution in [3.63, 3.8) is 0 Å². The van der Waals surface area contributed by atoms with Crippen LogP contribution in [0.5, 0.6) is 0 Å². The maximum absolute atomic E-state index is 13.8. The zero-order chi connectivity index (χ0) is 39.4. The van der Waals surface area contributed by atoms with E-state index in [0.717, 1.165) is 59.1 Å². The van der Waals surface area contributed by atoms with Gasteiger partial charge in [0.15, 0.2) is 0 Å². The predicted molar refractivity (Wildman–Crippen MR) is 222 cm³/mol. The molecular formula is C41H54Cl2N8O6. The number of nitrogens with one attached hydrogen (secondary N) is 4. The Bertz CT molecular complexity index is 2010. The third-order valence-electron chi connectivity index (χ3n) is 10.7. The molecule has 0 radical (unpaired) electrons. The molecule has 308 valence electrons. The van der Waals surface area contributed by atoms with Gasteiger partial charge in [-0.15, -0.1) is 24.8 Å². The van der Waals surface area contributed by atoms with Gasteiger partial charge in [-0.1, -0.05) is 51.7 Å². The van der Waals surface area contributed by atoms with E-state index in [-0.39, 0.29) is 66.7 Å². The first-order valence-electron chi connectivity index (χ1n) is 19.0. The molecular weight excluding hydrogens is 771 g/mol. The zero-order valence-electron chi connectivity index (χ0n) is 33.5. The number of hydrogen-bond acceptors (Lipinski definition) is 9. The minimum absolute atomic E-state index is 0. The zero-order valence-corrected chi connectivity index (χ0v) is 35.1. The van der Waals surface area contributed by atoms with Crippen LogP contribution < -0.4 is 16.0 Å². The van der Waals surface area contributed by atoms with Crippen LogP contribution in [0, 0.1) is 23.7 Å². The van der Waals surface area contributed by atoms with E-state index >= 15 is 0 Å². The molecule has 14 nitrogen and oxygen atoms in total. The van der Waals surface area contributed by atoms with Crippen molar-refractivity contribution < 1.29 is 28.7 Å². The largest absolute Gasteiger partial charge is 0.453 e. The average Bonchev–Trinajstić information content (AvgIpc) is 4.01. The lowest BCUT2D eigenvalue weighted by atomic mass is 10.0. The summed E-state index contributed by atoms with van der Waals surface area (Å²) in [7, 11) is 4.22. The quantitative estimate of drug-likeness (QED) is 0.208. The molecule has 0 saturated carbocycles. The fraction of sp³-hybridized carbons (Fsp3) is 0.488. The monoisotopic (exact) mass is 824 g/mol. The van der Waals surface area contributed by atoms with Crippen molar-refractivity contribution in [2.45, 2.75) is 83.7 Å². The van der Waals surface area contributed by atoms with E-state index in [1.165, 1.54) is 19.1 Å². The van der Waals surface area contributed by atoms with Crippen molar-refractivity contribution in [2.75, 3.05) is 34.4 Å². The fourth-order valence-electron chi connectivity index (χ4n) is 7.87. The highest BCUT2D eigenvalue weighted by Crippen LogP contribution is 2.33. The van der Waals surface area contributed by atoms with Gasteiger partial charge in [0.2, 0.25) is 11.8 Å². The van der Waals surface area contributed by atoms with Gasteiger partial charge in [-0.25, -0.2) is 14.6 Å². The van der Waals surface area contributed by atoms with E-state index in [1.807, 2.05) is 81.3 Å². The molecule has 4 N–H and O–H groups in total. The molecule has 3 aliphatic heterocycles. The van der Waals surface area contributed by atoms with Gasteiger partial charge in [-0.05, 0) is 73.4 Å². The lowest BCUT2D eigenvalue weighted by molar-refractivity contribution is -0.139. The van der Waals surface area contributed by atoms with E-state index in [0.29, 0.717) is 18.9 Å². The smallest absolute Gasteiger partial charge is 0.409 e. The number of carbonyl (C=O) groups excluding carboxylic acids is 4. The Morgan fingerprint density at radius 3 is 2.21 bits per heavy atom. The molecule has 5 atom stereocenters. The molecule has 4 amide bonds. The topological polar surface area (TPSA) is 161 Å². The lowest BCUT2D eigenvalue weighted by Gasteiger charge is -2.36. The second kappa shape index (κ2) is 19.3. The summed E-state index contributed by atoms with van der Waals surface area (Å²) in [6.45, 7) is 8.89. The van der Waals surface area contributed by atoms with Crippen molar-refractivity contribution in [1.82, 2.24) is 40.6 Å². The normalized spacial score (nSPS) is 19.6. The Balaban J connectivity index is 0.00000360. The number of carbonyl (C=O) groups is 4. The second-order valence-corrected chi connectivity index (χ2v) is 15.1. The standard InChI is InChI=1S/C41H52N8O6.2ClH/c1-24(2)34(46-40(52)54-6)38(50)48-20-9-11-33(48)37-43-29-19-16-27(22-30(29)44-37)13-12-26-14-17-28(18-15-26)31-23-42-36(45-31)32-10-8-21-49(32)39(51)35(25(3)4)47(5)41(53)55-7;;/h14-19,22-25,32-36,42,45H,8-11,20-21H2,1-7H3,(H,43,44)(H,46,52);2*1H/t32-,33-,34-,35-,36?;;/m0../s1. The summed E-state index contributed by atoms with van der Waals surface area (Å²) in [4.78, 5) is 64.9. The third-order valence-corrected chi connectivity index (χ3v) is 10.7. The first-order chi connectivity index (χ1) is 26.4. The van der Waals surface area contributed by atoms with Gasteiger partial charge in [0.25, 0.3) is 0 Å². The Morgan fingerprint density at radius 1 is 0.877 bits per heavy atom. The molecule has 3 aromatic rings.